The van der Waals surface area contributed by atoms with Crippen LogP contribution in [0.3, 0.4) is 0 Å². The van der Waals surface area contributed by atoms with Gasteiger partial charge in [-0.1, -0.05) is 13.8 Å². The van der Waals surface area contributed by atoms with E-state index in [2.05, 4.69) is 15.3 Å². The van der Waals surface area contributed by atoms with Crippen LogP contribution in [0.5, 0.6) is 5.88 Å². The lowest BCUT2D eigenvalue weighted by molar-refractivity contribution is -0.159. The topological polar surface area (TPSA) is 153 Å². The zero-order valence-electron chi connectivity index (χ0n) is 20.9. The summed E-state index contributed by atoms with van der Waals surface area (Å²) < 4.78 is 39.8. The Kier molecular flexibility index (Phi) is 8.28. The number of anilines is 1. The molecular weight excluding hydrogens is 481 g/mol. The Balaban J connectivity index is 2.26. The van der Waals surface area contributed by atoms with E-state index in [4.69, 9.17) is 18.9 Å². The average Bonchev–Trinajstić information content (AvgIpc) is 3.24. The number of ether oxygens (including phenoxy) is 4. The number of aromatic nitrogens is 4. The van der Waals surface area contributed by atoms with Crippen LogP contribution in [0, 0.1) is 0 Å². The van der Waals surface area contributed by atoms with Crippen molar-refractivity contribution in [2.24, 2.45) is 0 Å². The van der Waals surface area contributed by atoms with E-state index in [1.54, 1.807) is 6.92 Å². The van der Waals surface area contributed by atoms with Crippen LogP contribution in [0.15, 0.2) is 4.79 Å². The van der Waals surface area contributed by atoms with E-state index in [0.717, 1.165) is 11.5 Å². The third kappa shape index (κ3) is 5.17. The number of nitrogens with zero attached hydrogens (tertiary/aromatic N) is 4. The summed E-state index contributed by atoms with van der Waals surface area (Å²) in [6, 6.07) is 0. The van der Waals surface area contributed by atoms with Crippen LogP contribution in [-0.4, -0.2) is 68.5 Å². The van der Waals surface area contributed by atoms with Crippen molar-refractivity contribution >= 4 is 35.0 Å². The zero-order valence-corrected chi connectivity index (χ0v) is 20.9. The number of hydrogen-bond acceptors (Lipinski definition) is 10. The minimum Gasteiger partial charge on any atom is -0.479 e. The van der Waals surface area contributed by atoms with Gasteiger partial charge in [0.1, 0.15) is 12.2 Å². The van der Waals surface area contributed by atoms with E-state index < -0.39 is 54.2 Å². The number of methoxy groups -OCH3 is 1. The molecule has 1 N–H and O–H groups in total. The normalized spacial score (nSPS) is 22.3. The molecule has 0 spiro atoms. The van der Waals surface area contributed by atoms with Gasteiger partial charge in [-0.3, -0.25) is 24.3 Å². The molecule has 3 rings (SSSR count). The summed E-state index contributed by atoms with van der Waals surface area (Å²) in [6.07, 6.45) is -6.52. The molecule has 0 saturated carbocycles. The zero-order chi connectivity index (χ0) is 26.7. The summed E-state index contributed by atoms with van der Waals surface area (Å²) in [5.41, 5.74) is -0.482. The number of rotatable bonds is 9. The maximum atomic E-state index is 15.7. The van der Waals surface area contributed by atoms with Crippen LogP contribution in [0.2, 0.25) is 0 Å². The van der Waals surface area contributed by atoms with Gasteiger partial charge in [0.25, 0.3) is 0 Å². The van der Waals surface area contributed by atoms with Gasteiger partial charge in [0.05, 0.1) is 7.11 Å². The van der Waals surface area contributed by atoms with Crippen molar-refractivity contribution in [3.8, 4) is 5.88 Å². The molecule has 0 aromatic carbocycles. The summed E-state index contributed by atoms with van der Waals surface area (Å²) in [6.45, 7) is 7.30. The Morgan fingerprint density at radius 2 is 1.86 bits per heavy atom. The fourth-order valence-electron chi connectivity index (χ4n) is 4.23. The van der Waals surface area contributed by atoms with Crippen molar-refractivity contribution in [2.45, 2.75) is 84.7 Å². The van der Waals surface area contributed by atoms with Crippen LogP contribution < -0.4 is 15.7 Å². The third-order valence-corrected chi connectivity index (χ3v) is 5.55. The van der Waals surface area contributed by atoms with E-state index >= 15 is 4.39 Å². The maximum Gasteiger partial charge on any atom is 0.332 e. The Labute approximate surface area is 205 Å². The monoisotopic (exact) mass is 511 g/mol. The van der Waals surface area contributed by atoms with Crippen LogP contribution in [0.25, 0.3) is 11.2 Å². The smallest absolute Gasteiger partial charge is 0.332 e. The predicted octanol–water partition coefficient (Wildman–Crippen LogP) is 1.48. The first-order valence-electron chi connectivity index (χ1n) is 11.5. The molecule has 0 aliphatic carbocycles. The number of nitrogens with one attached hydrogen (secondary N) is 1. The van der Waals surface area contributed by atoms with Crippen molar-refractivity contribution in [3.63, 3.8) is 0 Å². The van der Waals surface area contributed by atoms with E-state index in [0.29, 0.717) is 6.42 Å². The number of aryl methyl sites for hydroxylation is 1. The molecule has 14 heteroatoms. The van der Waals surface area contributed by atoms with E-state index in [9.17, 15) is 19.2 Å². The number of alkyl halides is 1. The highest BCUT2D eigenvalue weighted by atomic mass is 19.1. The second kappa shape index (κ2) is 11.0. The number of amides is 1. The van der Waals surface area contributed by atoms with E-state index in [1.165, 1.54) is 25.5 Å². The first-order chi connectivity index (χ1) is 17.0. The summed E-state index contributed by atoms with van der Waals surface area (Å²) in [4.78, 5) is 57.2. The Morgan fingerprint density at radius 3 is 2.39 bits per heavy atom. The summed E-state index contributed by atoms with van der Waals surface area (Å²) in [7, 11) is 1.34. The van der Waals surface area contributed by atoms with Gasteiger partial charge in [0.15, 0.2) is 29.7 Å². The molecule has 2 aromatic rings. The summed E-state index contributed by atoms with van der Waals surface area (Å²) in [5, 5.41) is 2.44. The van der Waals surface area contributed by atoms with Crippen molar-refractivity contribution in [1.29, 1.82) is 0 Å². The van der Waals surface area contributed by atoms with Gasteiger partial charge >= 0.3 is 17.6 Å². The van der Waals surface area contributed by atoms with Crippen molar-refractivity contribution in [2.75, 3.05) is 12.4 Å². The molecule has 5 atom stereocenters. The highest BCUT2D eigenvalue weighted by molar-refractivity contribution is 5.88. The van der Waals surface area contributed by atoms with Gasteiger partial charge < -0.3 is 18.9 Å². The highest BCUT2D eigenvalue weighted by Crippen LogP contribution is 2.38. The van der Waals surface area contributed by atoms with Gasteiger partial charge in [-0.15, -0.1) is 0 Å². The molecule has 2 aromatic heterocycles. The van der Waals surface area contributed by atoms with Crippen molar-refractivity contribution < 1.29 is 37.7 Å². The number of halogens is 1. The van der Waals surface area contributed by atoms with Gasteiger partial charge in [-0.2, -0.15) is 9.97 Å². The fourth-order valence-corrected chi connectivity index (χ4v) is 4.23. The second-order valence-electron chi connectivity index (χ2n) is 8.28. The molecule has 1 fully saturated rings. The number of carbonyl (C=O) groups excluding carboxylic acids is 3. The average molecular weight is 512 g/mol. The Hall–Kier alpha value is -3.55. The van der Waals surface area contributed by atoms with Crippen LogP contribution in [-0.2, 0) is 35.1 Å². The second-order valence-corrected chi connectivity index (χ2v) is 8.28. The number of fused-ring (bicyclic) bond motifs is 1. The molecule has 1 amide bonds. The molecule has 0 bridgehead atoms. The Morgan fingerprint density at radius 1 is 1.17 bits per heavy atom. The van der Waals surface area contributed by atoms with Gasteiger partial charge in [-0.25, -0.2) is 13.8 Å². The molecule has 1 aliphatic rings. The fraction of sp³-hybridized carbons (Fsp3) is 0.636. The lowest BCUT2D eigenvalue weighted by atomic mass is 10.0. The lowest BCUT2D eigenvalue weighted by Gasteiger charge is -2.23. The van der Waals surface area contributed by atoms with Gasteiger partial charge in [0.2, 0.25) is 17.7 Å². The van der Waals surface area contributed by atoms with Crippen LogP contribution in [0.4, 0.5) is 10.3 Å². The minimum atomic E-state index is -1.93. The number of hydrogen-bond donors (Lipinski definition) is 1. The van der Waals surface area contributed by atoms with E-state index in [-0.39, 0.29) is 36.0 Å². The summed E-state index contributed by atoms with van der Waals surface area (Å²) >= 11 is 0. The summed E-state index contributed by atoms with van der Waals surface area (Å²) in [5.74, 6) is -2.07. The standard InChI is InChI=1S/C22H30FN5O8/c1-7-9-27-15-18(25-21(24-10(3)29)26-19(15)33-6)28(22(27)32)20-17(35-12(5)31)14(23)16(36-20)13(8-2)34-11(4)30/h13-14,16-17,20H,7-9H2,1-6H3,(H,24,25,26,29)/t13-,14-,16+,17+,20+/m0/s1. The van der Waals surface area contributed by atoms with E-state index in [1.807, 2.05) is 6.92 Å². The molecule has 3 heterocycles. The molecule has 13 nitrogen and oxygen atoms in total. The Bertz CT molecular complexity index is 1210. The molecular formula is C22H30FN5O8. The highest BCUT2D eigenvalue weighted by Gasteiger charge is 2.53. The van der Waals surface area contributed by atoms with Crippen molar-refractivity contribution in [3.05, 3.63) is 10.5 Å². The van der Waals surface area contributed by atoms with Crippen LogP contribution >= 0.6 is 0 Å². The molecule has 0 radical (unpaired) electrons. The van der Waals surface area contributed by atoms with Crippen molar-refractivity contribution in [1.82, 2.24) is 19.1 Å². The SMILES string of the molecule is CCCn1c(=O)n([C@@H]2O[C@H]([C@H](CC)OC(C)=O)[C@H](F)[C@H]2OC(C)=O)c2nc(NC(C)=O)nc(OC)c21. The number of imidazole rings is 1. The number of carbonyl (C=O) groups is 3. The predicted molar refractivity (Wildman–Crippen MR) is 123 cm³/mol. The van der Waals surface area contributed by atoms with Gasteiger partial charge in [-0.05, 0) is 12.8 Å². The van der Waals surface area contributed by atoms with Gasteiger partial charge in [0, 0.05) is 27.3 Å². The first kappa shape index (κ1) is 27.0. The first-order valence-corrected chi connectivity index (χ1v) is 11.5. The largest absolute Gasteiger partial charge is 0.479 e. The lowest BCUT2D eigenvalue weighted by Crippen LogP contribution is -2.39. The minimum absolute atomic E-state index is 0.00483. The molecule has 198 valence electrons. The molecule has 1 saturated heterocycles. The maximum absolute atomic E-state index is 15.7. The molecule has 1 aliphatic heterocycles. The molecule has 0 unspecified atom stereocenters. The molecule has 36 heavy (non-hydrogen) atoms. The quantitative estimate of drug-likeness (QED) is 0.490. The third-order valence-electron chi connectivity index (χ3n) is 5.55. The number of esters is 2. The van der Waals surface area contributed by atoms with Crippen LogP contribution in [0.1, 0.15) is 53.7 Å².